The van der Waals surface area contributed by atoms with E-state index >= 15 is 0 Å². The van der Waals surface area contributed by atoms with Crippen molar-refractivity contribution in [3.63, 3.8) is 0 Å². The second kappa shape index (κ2) is 7.87. The van der Waals surface area contributed by atoms with Crippen LogP contribution in [0.15, 0.2) is 52.9 Å². The first-order chi connectivity index (χ1) is 14.4. The molecule has 0 unspecified atom stereocenters. The first-order valence-electron chi connectivity index (χ1n) is 8.96. The Morgan fingerprint density at radius 1 is 1.27 bits per heavy atom. The van der Waals surface area contributed by atoms with Gasteiger partial charge in [-0.2, -0.15) is 5.10 Å². The summed E-state index contributed by atoms with van der Waals surface area (Å²) in [4.78, 5) is 40.1. The molecule has 11 heteroatoms. The van der Waals surface area contributed by atoms with Gasteiger partial charge in [-0.3, -0.25) is 24.3 Å². The number of carbonyl (C=O) groups is 1. The monoisotopic (exact) mass is 424 g/mol. The van der Waals surface area contributed by atoms with Gasteiger partial charge >= 0.3 is 0 Å². The van der Waals surface area contributed by atoms with Crippen molar-refractivity contribution in [2.75, 3.05) is 5.32 Å². The van der Waals surface area contributed by atoms with Gasteiger partial charge in [-0.15, -0.1) is 11.3 Å². The normalized spacial score (nSPS) is 11.0. The molecule has 30 heavy (non-hydrogen) atoms. The molecule has 0 bridgehead atoms. The molecule has 0 aliphatic rings. The maximum atomic E-state index is 12.5. The fourth-order valence-corrected chi connectivity index (χ4v) is 3.70. The Labute approximate surface area is 173 Å². The number of non-ortho nitro benzene ring substituents is 1. The number of fused-ring (bicyclic) bond motifs is 1. The van der Waals surface area contributed by atoms with Crippen LogP contribution in [0.4, 0.5) is 11.5 Å². The summed E-state index contributed by atoms with van der Waals surface area (Å²) < 4.78 is 2.91. The summed E-state index contributed by atoms with van der Waals surface area (Å²) in [5.41, 5.74) is 1.04. The van der Waals surface area contributed by atoms with E-state index in [4.69, 9.17) is 0 Å². The van der Waals surface area contributed by atoms with Crippen molar-refractivity contribution in [3.05, 3.63) is 74.3 Å². The molecule has 1 amide bonds. The molecule has 0 aliphatic carbocycles. The Bertz CT molecular complexity index is 1300. The molecule has 3 heterocycles. The molecule has 4 rings (SSSR count). The summed E-state index contributed by atoms with van der Waals surface area (Å²) >= 11 is 1.39. The standard InChI is InChI=1S/C19H16N6O4S/c1-12-10-16(24(22-12)13-2-4-14(5-3-13)25(28)29)21-17(26)6-8-23-11-20-18-15(19(23)27)7-9-30-18/h2-5,7,9-11H,6,8H2,1H3,(H,21,26). The topological polar surface area (TPSA) is 125 Å². The molecule has 0 radical (unpaired) electrons. The van der Waals surface area contributed by atoms with Gasteiger partial charge in [0.1, 0.15) is 10.6 Å². The van der Waals surface area contributed by atoms with E-state index in [0.29, 0.717) is 27.4 Å². The number of aryl methyl sites for hydroxylation is 2. The van der Waals surface area contributed by atoms with Gasteiger partial charge in [0.05, 0.1) is 28.0 Å². The van der Waals surface area contributed by atoms with E-state index in [9.17, 15) is 19.7 Å². The summed E-state index contributed by atoms with van der Waals surface area (Å²) in [7, 11) is 0. The highest BCUT2D eigenvalue weighted by molar-refractivity contribution is 7.16. The van der Waals surface area contributed by atoms with Gasteiger partial charge < -0.3 is 5.32 Å². The lowest BCUT2D eigenvalue weighted by Crippen LogP contribution is -2.23. The predicted octanol–water partition coefficient (Wildman–Crippen LogP) is 2.89. The molecule has 3 aromatic heterocycles. The van der Waals surface area contributed by atoms with Crippen LogP contribution in [0.2, 0.25) is 0 Å². The lowest BCUT2D eigenvalue weighted by Gasteiger charge is -2.09. The zero-order valence-corrected chi connectivity index (χ0v) is 16.6. The largest absolute Gasteiger partial charge is 0.311 e. The third-order valence-electron chi connectivity index (χ3n) is 4.43. The number of carbonyl (C=O) groups excluding carboxylic acids is 1. The molecular formula is C19H16N6O4S. The van der Waals surface area contributed by atoms with E-state index in [-0.39, 0.29) is 30.1 Å². The first-order valence-corrected chi connectivity index (χ1v) is 9.84. The van der Waals surface area contributed by atoms with E-state index in [1.54, 1.807) is 36.6 Å². The van der Waals surface area contributed by atoms with Crippen molar-refractivity contribution in [1.82, 2.24) is 19.3 Å². The molecule has 0 saturated heterocycles. The number of hydrogen-bond acceptors (Lipinski definition) is 7. The van der Waals surface area contributed by atoms with Crippen LogP contribution in [0.5, 0.6) is 0 Å². The van der Waals surface area contributed by atoms with Crippen molar-refractivity contribution < 1.29 is 9.72 Å². The Hall–Kier alpha value is -3.86. The second-order valence-corrected chi connectivity index (χ2v) is 7.43. The average molecular weight is 424 g/mol. The van der Waals surface area contributed by atoms with Crippen LogP contribution in [0.1, 0.15) is 12.1 Å². The van der Waals surface area contributed by atoms with Gasteiger partial charge in [0.2, 0.25) is 5.91 Å². The maximum Gasteiger partial charge on any atom is 0.269 e. The zero-order valence-electron chi connectivity index (χ0n) is 15.8. The molecule has 1 N–H and O–H groups in total. The molecule has 0 saturated carbocycles. The van der Waals surface area contributed by atoms with Crippen LogP contribution in [-0.4, -0.2) is 30.2 Å². The average Bonchev–Trinajstić information content (AvgIpc) is 3.34. The molecule has 0 fully saturated rings. The lowest BCUT2D eigenvalue weighted by atomic mass is 10.3. The van der Waals surface area contributed by atoms with Crippen LogP contribution in [0.3, 0.4) is 0 Å². The minimum absolute atomic E-state index is 0.0325. The van der Waals surface area contributed by atoms with Gasteiger partial charge in [-0.25, -0.2) is 9.67 Å². The van der Waals surface area contributed by atoms with Crippen LogP contribution in [-0.2, 0) is 11.3 Å². The van der Waals surface area contributed by atoms with Gasteiger partial charge in [0, 0.05) is 31.2 Å². The van der Waals surface area contributed by atoms with E-state index in [2.05, 4.69) is 15.4 Å². The number of aromatic nitrogens is 4. The third kappa shape index (κ3) is 3.82. The summed E-state index contributed by atoms with van der Waals surface area (Å²) in [6, 6.07) is 9.28. The highest BCUT2D eigenvalue weighted by Gasteiger charge is 2.13. The molecule has 10 nitrogen and oxygen atoms in total. The molecule has 152 valence electrons. The lowest BCUT2D eigenvalue weighted by molar-refractivity contribution is -0.384. The smallest absolute Gasteiger partial charge is 0.269 e. The van der Waals surface area contributed by atoms with Crippen molar-refractivity contribution in [3.8, 4) is 5.69 Å². The fraction of sp³-hybridized carbons (Fsp3) is 0.158. The second-order valence-electron chi connectivity index (χ2n) is 6.54. The fourth-order valence-electron chi connectivity index (χ4n) is 2.98. The molecular weight excluding hydrogens is 408 g/mol. The molecule has 4 aromatic rings. The van der Waals surface area contributed by atoms with Crippen molar-refractivity contribution in [2.45, 2.75) is 19.9 Å². The number of anilines is 1. The summed E-state index contributed by atoms with van der Waals surface area (Å²) in [6.45, 7) is 1.97. The quantitative estimate of drug-likeness (QED) is 0.375. The van der Waals surface area contributed by atoms with Gasteiger partial charge in [-0.05, 0) is 30.5 Å². The van der Waals surface area contributed by atoms with E-state index in [0.717, 1.165) is 0 Å². The molecule has 1 aromatic carbocycles. The van der Waals surface area contributed by atoms with Crippen LogP contribution in [0, 0.1) is 17.0 Å². The maximum absolute atomic E-state index is 12.5. The zero-order chi connectivity index (χ0) is 21.3. The minimum atomic E-state index is -0.481. The number of amides is 1. The van der Waals surface area contributed by atoms with Crippen molar-refractivity contribution in [1.29, 1.82) is 0 Å². The number of nitro groups is 1. The third-order valence-corrected chi connectivity index (χ3v) is 5.26. The van der Waals surface area contributed by atoms with Crippen LogP contribution in [0.25, 0.3) is 15.9 Å². The highest BCUT2D eigenvalue weighted by atomic mass is 32.1. The Morgan fingerprint density at radius 2 is 2.03 bits per heavy atom. The van der Waals surface area contributed by atoms with E-state index < -0.39 is 4.92 Å². The highest BCUT2D eigenvalue weighted by Crippen LogP contribution is 2.20. The number of hydrogen-bond donors (Lipinski definition) is 1. The SMILES string of the molecule is Cc1cc(NC(=O)CCn2cnc3sccc3c2=O)n(-c2ccc([N+](=O)[O-])cc2)n1. The van der Waals surface area contributed by atoms with Crippen LogP contribution < -0.4 is 10.9 Å². The van der Waals surface area contributed by atoms with Gasteiger partial charge in [0.15, 0.2) is 0 Å². The predicted molar refractivity (Wildman–Crippen MR) is 112 cm³/mol. The molecule has 0 atom stereocenters. The summed E-state index contributed by atoms with van der Waals surface area (Å²) in [5, 5.41) is 20.3. The number of thiophene rings is 1. The number of rotatable bonds is 6. The van der Waals surface area contributed by atoms with Crippen LogP contribution >= 0.6 is 11.3 Å². The van der Waals surface area contributed by atoms with Crippen molar-refractivity contribution in [2.24, 2.45) is 0 Å². The number of nitro benzene ring substituents is 1. The van der Waals surface area contributed by atoms with Gasteiger partial charge in [0.25, 0.3) is 11.2 Å². The number of nitrogens with zero attached hydrogens (tertiary/aromatic N) is 5. The van der Waals surface area contributed by atoms with E-state index in [1.165, 1.54) is 39.0 Å². The number of benzene rings is 1. The Kier molecular flexibility index (Phi) is 5.11. The molecule has 0 spiro atoms. The first kappa shape index (κ1) is 19.5. The number of nitrogens with one attached hydrogen (secondary N) is 1. The Morgan fingerprint density at radius 3 is 2.77 bits per heavy atom. The van der Waals surface area contributed by atoms with Crippen molar-refractivity contribution >= 4 is 39.0 Å². The molecule has 0 aliphatic heterocycles. The van der Waals surface area contributed by atoms with Gasteiger partial charge in [-0.1, -0.05) is 0 Å². The minimum Gasteiger partial charge on any atom is -0.311 e. The van der Waals surface area contributed by atoms with E-state index in [1.807, 2.05) is 0 Å². The Balaban J connectivity index is 1.48. The summed E-state index contributed by atoms with van der Waals surface area (Å²) in [6.07, 6.45) is 1.52. The summed E-state index contributed by atoms with van der Waals surface area (Å²) in [5.74, 6) is 0.139.